The van der Waals surface area contributed by atoms with Crippen LogP contribution in [-0.4, -0.2) is 41.2 Å². The van der Waals surface area contributed by atoms with Crippen LogP contribution >= 0.6 is 0 Å². The smallest absolute Gasteiger partial charge is 0.321 e. The summed E-state index contributed by atoms with van der Waals surface area (Å²) in [5, 5.41) is 20.9. The highest BCUT2D eigenvalue weighted by Crippen LogP contribution is 2.27. The lowest BCUT2D eigenvalue weighted by Gasteiger charge is -2.31. The first-order valence-corrected chi connectivity index (χ1v) is 7.90. The normalized spacial score (nSPS) is 17.2. The largest absolute Gasteiger partial charge is 0.489 e. The Morgan fingerprint density at radius 1 is 1.46 bits per heavy atom. The fraction of sp³-hybridized carbons (Fsp3) is 0.471. The van der Waals surface area contributed by atoms with E-state index in [1.165, 1.54) is 4.90 Å². The number of nitriles is 1. The molecular weight excluding hydrogens is 310 g/mol. The second kappa shape index (κ2) is 7.68. The van der Waals surface area contributed by atoms with Gasteiger partial charge in [0.05, 0.1) is 29.3 Å². The number of rotatable bonds is 4. The van der Waals surface area contributed by atoms with Gasteiger partial charge < -0.3 is 20.1 Å². The Balaban J connectivity index is 2.15. The van der Waals surface area contributed by atoms with Crippen molar-refractivity contribution in [2.75, 3.05) is 18.4 Å². The van der Waals surface area contributed by atoms with E-state index in [9.17, 15) is 9.59 Å². The van der Waals surface area contributed by atoms with Gasteiger partial charge in [0, 0.05) is 13.1 Å². The molecule has 0 saturated carbocycles. The number of piperidine rings is 1. The third kappa shape index (κ3) is 4.38. The molecule has 1 unspecified atom stereocenters. The summed E-state index contributed by atoms with van der Waals surface area (Å²) in [7, 11) is 0. The van der Waals surface area contributed by atoms with E-state index < -0.39 is 11.9 Å². The van der Waals surface area contributed by atoms with Crippen LogP contribution in [0, 0.1) is 17.2 Å². The number of urea groups is 1. The van der Waals surface area contributed by atoms with Crippen molar-refractivity contribution in [1.82, 2.24) is 4.90 Å². The fourth-order valence-corrected chi connectivity index (χ4v) is 2.61. The summed E-state index contributed by atoms with van der Waals surface area (Å²) >= 11 is 0. The molecule has 1 aliphatic rings. The van der Waals surface area contributed by atoms with Gasteiger partial charge in [0.15, 0.2) is 0 Å². The summed E-state index contributed by atoms with van der Waals surface area (Å²) in [5.41, 5.74) is 0.814. The predicted octanol–water partition coefficient (Wildman–Crippen LogP) is 2.67. The number of anilines is 1. The zero-order valence-corrected chi connectivity index (χ0v) is 13.8. The number of hydrogen-bond donors (Lipinski definition) is 2. The van der Waals surface area contributed by atoms with Crippen molar-refractivity contribution in [2.45, 2.75) is 32.8 Å². The third-order valence-electron chi connectivity index (χ3n) is 3.77. The molecular formula is C17H21N3O4. The molecule has 2 rings (SSSR count). The highest BCUT2D eigenvalue weighted by atomic mass is 16.5. The molecule has 1 aromatic rings. The van der Waals surface area contributed by atoms with Gasteiger partial charge >= 0.3 is 12.0 Å². The van der Waals surface area contributed by atoms with Crippen LogP contribution in [0.15, 0.2) is 18.2 Å². The Labute approximate surface area is 140 Å². The van der Waals surface area contributed by atoms with Crippen molar-refractivity contribution in [3.05, 3.63) is 23.8 Å². The number of likely N-dealkylation sites (tertiary alicyclic amines) is 1. The molecule has 1 atom stereocenters. The minimum Gasteiger partial charge on any atom is -0.489 e. The van der Waals surface area contributed by atoms with Gasteiger partial charge in [-0.05, 0) is 44.9 Å². The molecule has 128 valence electrons. The maximum atomic E-state index is 12.5. The number of carbonyl (C=O) groups is 2. The molecule has 0 radical (unpaired) electrons. The van der Waals surface area contributed by atoms with Crippen LogP contribution in [-0.2, 0) is 4.79 Å². The van der Waals surface area contributed by atoms with Crippen molar-refractivity contribution in [3.8, 4) is 11.8 Å². The average Bonchev–Trinajstić information content (AvgIpc) is 2.56. The minimum absolute atomic E-state index is 0.0834. The molecule has 1 saturated heterocycles. The minimum atomic E-state index is -0.886. The predicted molar refractivity (Wildman–Crippen MR) is 87.9 cm³/mol. The first kappa shape index (κ1) is 17.6. The molecule has 7 heteroatoms. The Hall–Kier alpha value is -2.75. The number of carboxylic acid groups (broad SMARTS) is 1. The van der Waals surface area contributed by atoms with Gasteiger partial charge in [-0.25, -0.2) is 4.79 Å². The van der Waals surface area contributed by atoms with Crippen molar-refractivity contribution < 1.29 is 19.4 Å². The summed E-state index contributed by atoms with van der Waals surface area (Å²) in [6, 6.07) is 6.45. The van der Waals surface area contributed by atoms with Crippen LogP contribution in [0.1, 0.15) is 32.3 Å². The number of amides is 2. The zero-order valence-electron chi connectivity index (χ0n) is 13.8. The Morgan fingerprint density at radius 2 is 2.21 bits per heavy atom. The third-order valence-corrected chi connectivity index (χ3v) is 3.77. The lowest BCUT2D eigenvalue weighted by molar-refractivity contribution is -0.143. The molecule has 1 aromatic carbocycles. The second-order valence-corrected chi connectivity index (χ2v) is 6.04. The quantitative estimate of drug-likeness (QED) is 0.883. The van der Waals surface area contributed by atoms with E-state index in [1.807, 2.05) is 19.9 Å². The van der Waals surface area contributed by atoms with E-state index >= 15 is 0 Å². The first-order chi connectivity index (χ1) is 11.4. The van der Waals surface area contributed by atoms with E-state index in [0.717, 1.165) is 0 Å². The number of hydrogen-bond acceptors (Lipinski definition) is 4. The molecule has 0 spiro atoms. The summed E-state index contributed by atoms with van der Waals surface area (Å²) < 4.78 is 5.66. The molecule has 24 heavy (non-hydrogen) atoms. The summed E-state index contributed by atoms with van der Waals surface area (Å²) in [4.78, 5) is 25.1. The SMILES string of the molecule is CC(C)Oc1ccc(C#N)cc1NC(=O)N1CCCC(C(=O)O)C1. The van der Waals surface area contributed by atoms with E-state index in [-0.39, 0.29) is 18.7 Å². The maximum Gasteiger partial charge on any atom is 0.321 e. The molecule has 2 amide bonds. The molecule has 0 aliphatic carbocycles. The van der Waals surface area contributed by atoms with Crippen LogP contribution in [0.5, 0.6) is 5.75 Å². The van der Waals surface area contributed by atoms with Crippen molar-refractivity contribution >= 4 is 17.7 Å². The lowest BCUT2D eigenvalue weighted by atomic mass is 9.99. The first-order valence-electron chi connectivity index (χ1n) is 7.90. The molecule has 2 N–H and O–H groups in total. The molecule has 0 bridgehead atoms. The number of benzene rings is 1. The fourth-order valence-electron chi connectivity index (χ4n) is 2.61. The molecule has 1 fully saturated rings. The van der Waals surface area contributed by atoms with Crippen molar-refractivity contribution in [1.29, 1.82) is 5.26 Å². The standard InChI is InChI=1S/C17H21N3O4/c1-11(2)24-15-6-5-12(9-18)8-14(15)19-17(23)20-7-3-4-13(10-20)16(21)22/h5-6,8,11,13H,3-4,7,10H2,1-2H3,(H,19,23)(H,21,22). The van der Waals surface area contributed by atoms with Crippen LogP contribution in [0.2, 0.25) is 0 Å². The Kier molecular flexibility index (Phi) is 5.64. The molecule has 1 heterocycles. The summed E-state index contributed by atoms with van der Waals surface area (Å²) in [6.07, 6.45) is 1.14. The molecule has 7 nitrogen and oxygen atoms in total. The molecule has 1 aliphatic heterocycles. The van der Waals surface area contributed by atoms with E-state index in [4.69, 9.17) is 15.1 Å². The topological polar surface area (TPSA) is 103 Å². The number of nitrogens with zero attached hydrogens (tertiary/aromatic N) is 2. The van der Waals surface area contributed by atoms with Gasteiger partial charge in [0.1, 0.15) is 5.75 Å². The van der Waals surface area contributed by atoms with Crippen LogP contribution < -0.4 is 10.1 Å². The summed E-state index contributed by atoms with van der Waals surface area (Å²) in [6.45, 7) is 4.42. The molecule has 0 aromatic heterocycles. The van der Waals surface area contributed by atoms with Gasteiger partial charge in [0.2, 0.25) is 0 Å². The van der Waals surface area contributed by atoms with E-state index in [2.05, 4.69) is 5.32 Å². The van der Waals surface area contributed by atoms with E-state index in [1.54, 1.807) is 18.2 Å². The van der Waals surface area contributed by atoms with Gasteiger partial charge in [-0.2, -0.15) is 5.26 Å². The highest BCUT2D eigenvalue weighted by Gasteiger charge is 2.28. The highest BCUT2D eigenvalue weighted by molar-refractivity contribution is 5.91. The van der Waals surface area contributed by atoms with Crippen molar-refractivity contribution in [2.24, 2.45) is 5.92 Å². The monoisotopic (exact) mass is 331 g/mol. The number of carboxylic acids is 1. The van der Waals surface area contributed by atoms with Crippen LogP contribution in [0.25, 0.3) is 0 Å². The number of carbonyl (C=O) groups excluding carboxylic acids is 1. The average molecular weight is 331 g/mol. The Morgan fingerprint density at radius 3 is 2.83 bits per heavy atom. The van der Waals surface area contributed by atoms with Crippen LogP contribution in [0.3, 0.4) is 0 Å². The number of ether oxygens (including phenoxy) is 1. The van der Waals surface area contributed by atoms with Crippen LogP contribution in [0.4, 0.5) is 10.5 Å². The van der Waals surface area contributed by atoms with Gasteiger partial charge in [-0.15, -0.1) is 0 Å². The van der Waals surface area contributed by atoms with Gasteiger partial charge in [-0.3, -0.25) is 4.79 Å². The summed E-state index contributed by atoms with van der Waals surface area (Å²) in [5.74, 6) is -0.951. The maximum absolute atomic E-state index is 12.5. The zero-order chi connectivity index (χ0) is 17.7. The van der Waals surface area contributed by atoms with Gasteiger partial charge in [0.25, 0.3) is 0 Å². The lowest BCUT2D eigenvalue weighted by Crippen LogP contribution is -2.44. The van der Waals surface area contributed by atoms with Crippen molar-refractivity contribution in [3.63, 3.8) is 0 Å². The van der Waals surface area contributed by atoms with Gasteiger partial charge in [-0.1, -0.05) is 0 Å². The number of aliphatic carboxylic acids is 1. The number of nitrogens with one attached hydrogen (secondary N) is 1. The second-order valence-electron chi connectivity index (χ2n) is 6.04. The Bertz CT molecular complexity index is 666. The van der Waals surface area contributed by atoms with E-state index in [0.29, 0.717) is 36.4 Å².